The molecule has 0 saturated carbocycles. The van der Waals surface area contributed by atoms with Crippen LogP contribution in [0.4, 0.5) is 23.2 Å². The number of nitrogens with one attached hydrogen (secondary N) is 1. The Hall–Kier alpha value is -3.09. The van der Waals surface area contributed by atoms with Crippen LogP contribution in [0.1, 0.15) is 23.8 Å². The molecule has 1 aromatic carbocycles. The lowest BCUT2D eigenvalue weighted by Gasteiger charge is -2.40. The molecule has 0 aliphatic carbocycles. The van der Waals surface area contributed by atoms with Gasteiger partial charge >= 0.3 is 6.18 Å². The van der Waals surface area contributed by atoms with E-state index >= 15 is 0 Å². The normalized spacial score (nSPS) is 22.9. The third-order valence-electron chi connectivity index (χ3n) is 5.96. The van der Waals surface area contributed by atoms with Crippen LogP contribution in [0.25, 0.3) is 11.3 Å². The van der Waals surface area contributed by atoms with E-state index in [2.05, 4.69) is 20.0 Å². The van der Waals surface area contributed by atoms with E-state index in [4.69, 9.17) is 5.73 Å². The number of halogens is 5. The zero-order valence-electron chi connectivity index (χ0n) is 19.3. The highest BCUT2D eigenvalue weighted by Gasteiger charge is 2.45. The van der Waals surface area contributed by atoms with Gasteiger partial charge in [-0.25, -0.2) is 9.37 Å². The molecule has 11 heteroatoms. The summed E-state index contributed by atoms with van der Waals surface area (Å²) in [5.74, 6) is -2.83. The number of carbonyl (C=O) groups excluding carboxylic acids is 1. The van der Waals surface area contributed by atoms with Crippen LogP contribution in [0, 0.1) is 15.3 Å². The van der Waals surface area contributed by atoms with E-state index in [1.54, 1.807) is 30.0 Å². The van der Waals surface area contributed by atoms with E-state index in [0.717, 1.165) is 0 Å². The van der Waals surface area contributed by atoms with Crippen LogP contribution < -0.4 is 11.1 Å². The SMILES string of the molecule is C=C/C=C1\C(=C/C)NC(=O)c2nc(ccc2N)-c2c(F)cccc2I=NC2CC(C(F)(F)F)CN1C2. The second kappa shape index (κ2) is 10.5. The maximum atomic E-state index is 15.0. The number of aromatic nitrogens is 1. The number of fused-ring (bicyclic) bond motifs is 6. The van der Waals surface area contributed by atoms with Gasteiger partial charge in [-0.1, -0.05) is 24.8 Å². The summed E-state index contributed by atoms with van der Waals surface area (Å²) < 4.78 is 61.9. The maximum absolute atomic E-state index is 15.0. The largest absolute Gasteiger partial charge is 0.397 e. The number of allylic oxidation sites excluding steroid dienone is 3. The van der Waals surface area contributed by atoms with Crippen LogP contribution in [0.2, 0.25) is 0 Å². The Morgan fingerprint density at radius 1 is 1.25 bits per heavy atom. The van der Waals surface area contributed by atoms with Gasteiger partial charge in [0.25, 0.3) is 5.91 Å². The lowest BCUT2D eigenvalue weighted by atomic mass is 9.93. The average Bonchev–Trinajstić information content (AvgIpc) is 2.84. The number of rotatable bonds is 1. The first kappa shape index (κ1) is 26.0. The van der Waals surface area contributed by atoms with Gasteiger partial charge in [-0.3, -0.25) is 7.94 Å². The summed E-state index contributed by atoms with van der Waals surface area (Å²) in [7, 11) is 0. The molecule has 4 bridgehead atoms. The van der Waals surface area contributed by atoms with Gasteiger partial charge in [0.1, 0.15) is 5.82 Å². The minimum atomic E-state index is -4.42. The van der Waals surface area contributed by atoms with Crippen molar-refractivity contribution in [3.05, 3.63) is 81.6 Å². The first-order chi connectivity index (χ1) is 17.1. The Kier molecular flexibility index (Phi) is 7.57. The van der Waals surface area contributed by atoms with Crippen LogP contribution in [-0.2, 0) is 0 Å². The summed E-state index contributed by atoms with van der Waals surface area (Å²) >= 11 is -1.23. The lowest BCUT2D eigenvalue weighted by molar-refractivity contribution is -0.186. The van der Waals surface area contributed by atoms with Crippen LogP contribution >= 0.6 is 21.0 Å². The molecule has 2 aliphatic heterocycles. The summed E-state index contributed by atoms with van der Waals surface area (Å²) in [6.45, 7) is 5.28. The molecule has 36 heavy (non-hydrogen) atoms. The molecular weight excluding hydrogens is 589 g/mol. The highest BCUT2D eigenvalue weighted by Crippen LogP contribution is 2.38. The van der Waals surface area contributed by atoms with Gasteiger partial charge in [0, 0.05) is 37.7 Å². The quantitative estimate of drug-likeness (QED) is 0.317. The highest BCUT2D eigenvalue weighted by atomic mass is 127. The number of benzene rings is 1. The van der Waals surface area contributed by atoms with E-state index in [1.807, 2.05) is 0 Å². The van der Waals surface area contributed by atoms with Crippen molar-refractivity contribution in [2.45, 2.75) is 25.6 Å². The van der Waals surface area contributed by atoms with Crippen molar-refractivity contribution in [2.24, 2.45) is 9.06 Å². The Morgan fingerprint density at radius 3 is 2.72 bits per heavy atom. The molecular formula is C25H24F4IN5O. The molecule has 3 N–H and O–H groups in total. The molecule has 4 rings (SSSR count). The summed E-state index contributed by atoms with van der Waals surface area (Å²) in [5, 5.41) is 2.72. The number of alkyl halides is 3. The average molecular weight is 613 g/mol. The molecule has 1 fully saturated rings. The minimum absolute atomic E-state index is 0.0838. The molecule has 2 aliphatic rings. The standard InChI is InChI=1S/C25H24F4IN5O/c1-3-6-21-19(4-2)33-24(36)23-18(31)9-10-20(32-23)22-16(26)7-5-8-17(22)30-34-15-11-14(25(27,28)29)12-35(21)13-15/h3-10,14-15H,1,11-13,31H2,2H3,(H,33,36)/b19-4+,21-6+. The summed E-state index contributed by atoms with van der Waals surface area (Å²) in [6, 6.07) is 6.88. The van der Waals surface area contributed by atoms with Gasteiger partial charge in [-0.05, 0) is 43.7 Å². The molecule has 1 aromatic heterocycles. The van der Waals surface area contributed by atoms with Gasteiger partial charge in [-0.2, -0.15) is 13.2 Å². The van der Waals surface area contributed by atoms with Gasteiger partial charge in [0.2, 0.25) is 0 Å². The van der Waals surface area contributed by atoms with Crippen LogP contribution in [0.3, 0.4) is 0 Å². The Morgan fingerprint density at radius 2 is 2.03 bits per heavy atom. The monoisotopic (exact) mass is 613 g/mol. The molecule has 2 aromatic rings. The van der Waals surface area contributed by atoms with Gasteiger partial charge < -0.3 is 16.0 Å². The topological polar surface area (TPSA) is 83.6 Å². The number of nitrogens with zero attached hydrogens (tertiary/aromatic N) is 3. The predicted molar refractivity (Wildman–Crippen MR) is 138 cm³/mol. The first-order valence-electron chi connectivity index (χ1n) is 11.1. The molecule has 2 atom stereocenters. The number of nitrogens with two attached hydrogens (primary N) is 1. The Balaban J connectivity index is 1.93. The Bertz CT molecular complexity index is 1290. The van der Waals surface area contributed by atoms with Crippen molar-refractivity contribution < 1.29 is 22.4 Å². The number of carbonyl (C=O) groups is 1. The van der Waals surface area contributed by atoms with Crippen molar-refractivity contribution in [1.82, 2.24) is 15.2 Å². The van der Waals surface area contributed by atoms with Gasteiger partial charge in [0.05, 0.1) is 40.3 Å². The van der Waals surface area contributed by atoms with Crippen molar-refractivity contribution in [2.75, 3.05) is 18.8 Å². The van der Waals surface area contributed by atoms with Gasteiger partial charge in [-0.15, -0.1) is 0 Å². The van der Waals surface area contributed by atoms with Crippen LogP contribution in [0.5, 0.6) is 0 Å². The zero-order chi connectivity index (χ0) is 26.0. The highest BCUT2D eigenvalue weighted by molar-refractivity contribution is 14.2. The third-order valence-corrected chi connectivity index (χ3v) is 8.44. The molecule has 0 spiro atoms. The van der Waals surface area contributed by atoms with Crippen molar-refractivity contribution in [1.29, 1.82) is 0 Å². The fourth-order valence-electron chi connectivity index (χ4n) is 4.25. The van der Waals surface area contributed by atoms with E-state index in [1.165, 1.54) is 30.3 Å². The summed E-state index contributed by atoms with van der Waals surface area (Å²) in [4.78, 5) is 19.2. The summed E-state index contributed by atoms with van der Waals surface area (Å²) in [5.41, 5.74) is 7.05. The number of hydrogen-bond donors (Lipinski definition) is 2. The smallest absolute Gasteiger partial charge is 0.393 e. The number of pyridine rings is 1. The van der Waals surface area contributed by atoms with Crippen LogP contribution in [-0.4, -0.2) is 41.1 Å². The van der Waals surface area contributed by atoms with Crippen LogP contribution in [0.15, 0.2) is 69.7 Å². The first-order valence-corrected chi connectivity index (χ1v) is 13.2. The molecule has 1 amide bonds. The Labute approximate surface area is 216 Å². The van der Waals surface area contributed by atoms with E-state index in [9.17, 15) is 22.4 Å². The number of hydrogen-bond acceptors (Lipinski definition) is 5. The van der Waals surface area contributed by atoms with Gasteiger partial charge in [0.15, 0.2) is 5.69 Å². The molecule has 190 valence electrons. The lowest BCUT2D eigenvalue weighted by Crippen LogP contribution is -2.47. The zero-order valence-corrected chi connectivity index (χ0v) is 21.5. The summed E-state index contributed by atoms with van der Waals surface area (Å²) in [6.07, 6.45) is 0.0213. The van der Waals surface area contributed by atoms with E-state index < -0.39 is 50.9 Å². The number of nitrogen functional groups attached to an aromatic ring is 1. The fraction of sp³-hybridized carbons (Fsp3) is 0.280. The third kappa shape index (κ3) is 5.35. The van der Waals surface area contributed by atoms with E-state index in [-0.39, 0.29) is 47.8 Å². The van der Waals surface area contributed by atoms with Crippen molar-refractivity contribution in [3.63, 3.8) is 0 Å². The molecule has 3 heterocycles. The number of amides is 1. The second-order valence-corrected chi connectivity index (χ2v) is 10.6. The molecule has 1 saturated heterocycles. The number of piperidine rings is 1. The minimum Gasteiger partial charge on any atom is -0.397 e. The number of anilines is 1. The molecule has 0 radical (unpaired) electrons. The maximum Gasteiger partial charge on any atom is 0.393 e. The molecule has 6 nitrogen and oxygen atoms in total. The predicted octanol–water partition coefficient (Wildman–Crippen LogP) is 5.76. The van der Waals surface area contributed by atoms with E-state index in [0.29, 0.717) is 9.27 Å². The van der Waals surface area contributed by atoms with Crippen molar-refractivity contribution in [3.8, 4) is 11.3 Å². The molecule has 2 unspecified atom stereocenters. The fourth-order valence-corrected chi connectivity index (χ4v) is 6.49. The second-order valence-electron chi connectivity index (χ2n) is 8.39. The van der Waals surface area contributed by atoms with Crippen molar-refractivity contribution >= 4 is 32.6 Å².